The van der Waals surface area contributed by atoms with Gasteiger partial charge in [0.15, 0.2) is 6.29 Å². The number of ether oxygens (including phenoxy) is 3. The molecule has 1 saturated heterocycles. The maximum atomic E-state index is 13.0. The number of rotatable bonds is 51. The molecular formula is C62H111NO10. The van der Waals surface area contributed by atoms with Crippen LogP contribution in [0.2, 0.25) is 0 Å². The van der Waals surface area contributed by atoms with E-state index in [0.29, 0.717) is 19.4 Å². The monoisotopic (exact) mass is 1030 g/mol. The highest BCUT2D eigenvalue weighted by atomic mass is 16.7. The van der Waals surface area contributed by atoms with Crippen molar-refractivity contribution in [1.29, 1.82) is 0 Å². The minimum atomic E-state index is -1.57. The van der Waals surface area contributed by atoms with Gasteiger partial charge in [-0.15, -0.1) is 0 Å². The highest BCUT2D eigenvalue weighted by molar-refractivity contribution is 5.76. The minimum Gasteiger partial charge on any atom is -0.465 e. The summed E-state index contributed by atoms with van der Waals surface area (Å²) >= 11 is 0. The number of aliphatic hydroxyl groups is 5. The molecule has 1 fully saturated rings. The average molecular weight is 1030 g/mol. The maximum Gasteiger partial charge on any atom is 0.305 e. The van der Waals surface area contributed by atoms with Crippen LogP contribution in [0.5, 0.6) is 0 Å². The van der Waals surface area contributed by atoms with E-state index in [2.05, 4.69) is 67.8 Å². The number of allylic oxidation sites excluding steroid dienone is 8. The van der Waals surface area contributed by atoms with E-state index in [4.69, 9.17) is 14.2 Å². The molecule has 73 heavy (non-hydrogen) atoms. The molecule has 7 atom stereocenters. The molecule has 0 aromatic heterocycles. The molecule has 1 heterocycles. The Morgan fingerprint density at radius 1 is 0.507 bits per heavy atom. The molecule has 0 aliphatic carbocycles. The molecule has 0 saturated carbocycles. The van der Waals surface area contributed by atoms with E-state index in [1.165, 1.54) is 148 Å². The molecule has 11 nitrogen and oxygen atoms in total. The highest BCUT2D eigenvalue weighted by Crippen LogP contribution is 2.23. The normalized spacial score (nSPS) is 19.4. The highest BCUT2D eigenvalue weighted by Gasteiger charge is 2.44. The molecule has 1 amide bonds. The van der Waals surface area contributed by atoms with Crippen LogP contribution >= 0.6 is 0 Å². The van der Waals surface area contributed by atoms with Crippen LogP contribution in [0, 0.1) is 0 Å². The zero-order valence-electron chi connectivity index (χ0n) is 46.6. The van der Waals surface area contributed by atoms with E-state index in [-0.39, 0.29) is 18.5 Å². The largest absolute Gasteiger partial charge is 0.465 e. The summed E-state index contributed by atoms with van der Waals surface area (Å²) in [6, 6.07) is -0.814. The molecule has 11 heteroatoms. The van der Waals surface area contributed by atoms with Crippen molar-refractivity contribution < 1.29 is 49.3 Å². The van der Waals surface area contributed by atoms with Gasteiger partial charge in [-0.1, -0.05) is 229 Å². The molecule has 0 aromatic carbocycles. The number of unbranched alkanes of at least 4 members (excludes halogenated alkanes) is 29. The van der Waals surface area contributed by atoms with Gasteiger partial charge in [-0.05, 0) is 77.0 Å². The average Bonchev–Trinajstić information content (AvgIpc) is 3.39. The summed E-state index contributed by atoms with van der Waals surface area (Å²) in [6.45, 7) is 4.14. The summed E-state index contributed by atoms with van der Waals surface area (Å²) in [5.74, 6) is -0.253. The number of nitrogens with one attached hydrogen (secondary N) is 1. The molecule has 0 aromatic rings. The molecule has 1 aliphatic rings. The quantitative estimate of drug-likeness (QED) is 0.0195. The van der Waals surface area contributed by atoms with Crippen LogP contribution in [0.25, 0.3) is 0 Å². The molecule has 6 N–H and O–H groups in total. The fourth-order valence-corrected chi connectivity index (χ4v) is 9.07. The van der Waals surface area contributed by atoms with Crippen LogP contribution in [0.1, 0.15) is 258 Å². The van der Waals surface area contributed by atoms with Crippen LogP contribution < -0.4 is 5.32 Å². The fraction of sp³-hybridized carbons (Fsp3) is 0.806. The molecule has 0 spiro atoms. The van der Waals surface area contributed by atoms with Gasteiger partial charge in [0, 0.05) is 12.8 Å². The van der Waals surface area contributed by atoms with Gasteiger partial charge >= 0.3 is 5.97 Å². The molecule has 424 valence electrons. The lowest BCUT2D eigenvalue weighted by molar-refractivity contribution is -0.302. The first-order valence-electron chi connectivity index (χ1n) is 30.1. The Hall–Kier alpha value is -2.64. The Morgan fingerprint density at radius 2 is 0.945 bits per heavy atom. The Morgan fingerprint density at radius 3 is 1.44 bits per heavy atom. The molecule has 1 rings (SSSR count). The van der Waals surface area contributed by atoms with Gasteiger partial charge in [0.2, 0.25) is 5.91 Å². The first-order chi connectivity index (χ1) is 35.7. The van der Waals surface area contributed by atoms with E-state index < -0.39 is 49.5 Å². The third-order valence-corrected chi connectivity index (χ3v) is 13.8. The number of carbonyl (C=O) groups is 2. The van der Waals surface area contributed by atoms with Gasteiger partial charge in [0.25, 0.3) is 0 Å². The van der Waals surface area contributed by atoms with Gasteiger partial charge in [-0.25, -0.2) is 0 Å². The van der Waals surface area contributed by atoms with Crippen molar-refractivity contribution >= 4 is 11.9 Å². The number of carbonyl (C=O) groups excluding carboxylic acids is 2. The number of aliphatic hydroxyl groups excluding tert-OH is 5. The van der Waals surface area contributed by atoms with E-state index in [1.807, 2.05) is 6.08 Å². The maximum absolute atomic E-state index is 13.0. The first-order valence-corrected chi connectivity index (χ1v) is 30.1. The van der Waals surface area contributed by atoms with Gasteiger partial charge in [0.05, 0.1) is 32.0 Å². The van der Waals surface area contributed by atoms with Crippen molar-refractivity contribution in [2.45, 2.75) is 301 Å². The minimum absolute atomic E-state index is 0.0646. The van der Waals surface area contributed by atoms with Crippen LogP contribution in [-0.2, 0) is 23.8 Å². The molecule has 0 radical (unpaired) electrons. The lowest BCUT2D eigenvalue weighted by atomic mass is 9.99. The number of amides is 1. The van der Waals surface area contributed by atoms with Crippen LogP contribution in [0.3, 0.4) is 0 Å². The van der Waals surface area contributed by atoms with Crippen molar-refractivity contribution in [3.63, 3.8) is 0 Å². The summed E-state index contributed by atoms with van der Waals surface area (Å²) in [6.07, 6.45) is 56.1. The Labute approximate surface area is 446 Å². The molecule has 7 unspecified atom stereocenters. The van der Waals surface area contributed by atoms with Crippen LogP contribution in [-0.4, -0.2) is 100 Å². The van der Waals surface area contributed by atoms with Crippen molar-refractivity contribution in [3.8, 4) is 0 Å². The number of hydrogen-bond donors (Lipinski definition) is 6. The Bertz CT molecular complexity index is 1400. The second kappa shape index (κ2) is 51.5. The van der Waals surface area contributed by atoms with E-state index in [9.17, 15) is 35.1 Å². The summed E-state index contributed by atoms with van der Waals surface area (Å²) in [7, 11) is 0. The Kier molecular flexibility index (Phi) is 48.2. The number of esters is 1. The van der Waals surface area contributed by atoms with Gasteiger partial charge in [0.1, 0.15) is 24.4 Å². The van der Waals surface area contributed by atoms with Crippen molar-refractivity contribution in [3.05, 3.63) is 60.8 Å². The third kappa shape index (κ3) is 41.2. The van der Waals surface area contributed by atoms with Crippen molar-refractivity contribution in [2.75, 3.05) is 19.8 Å². The predicted molar refractivity (Wildman–Crippen MR) is 301 cm³/mol. The van der Waals surface area contributed by atoms with E-state index in [1.54, 1.807) is 6.08 Å². The van der Waals surface area contributed by atoms with E-state index in [0.717, 1.165) is 83.5 Å². The summed E-state index contributed by atoms with van der Waals surface area (Å²) in [4.78, 5) is 25.0. The van der Waals surface area contributed by atoms with Gasteiger partial charge < -0.3 is 45.1 Å². The van der Waals surface area contributed by atoms with Gasteiger partial charge in [-0.2, -0.15) is 0 Å². The van der Waals surface area contributed by atoms with E-state index >= 15 is 0 Å². The van der Waals surface area contributed by atoms with Crippen LogP contribution in [0.4, 0.5) is 0 Å². The Balaban J connectivity index is 2.07. The molecule has 1 aliphatic heterocycles. The molecular weight excluding hydrogens is 919 g/mol. The summed E-state index contributed by atoms with van der Waals surface area (Å²) in [5.41, 5.74) is 0. The molecule has 0 bridgehead atoms. The first kappa shape index (κ1) is 68.4. The number of hydrogen-bond acceptors (Lipinski definition) is 10. The smallest absolute Gasteiger partial charge is 0.305 e. The summed E-state index contributed by atoms with van der Waals surface area (Å²) < 4.78 is 16.6. The lowest BCUT2D eigenvalue weighted by Crippen LogP contribution is -2.60. The van der Waals surface area contributed by atoms with Crippen molar-refractivity contribution in [2.24, 2.45) is 0 Å². The predicted octanol–water partition coefficient (Wildman–Crippen LogP) is 13.8. The lowest BCUT2D eigenvalue weighted by Gasteiger charge is -2.40. The second-order valence-electron chi connectivity index (χ2n) is 20.7. The zero-order valence-corrected chi connectivity index (χ0v) is 46.6. The van der Waals surface area contributed by atoms with Crippen molar-refractivity contribution in [1.82, 2.24) is 5.32 Å². The third-order valence-electron chi connectivity index (χ3n) is 13.8. The zero-order chi connectivity index (χ0) is 53.1. The fourth-order valence-electron chi connectivity index (χ4n) is 9.07. The SMILES string of the molecule is CCC/C=C\C/C=C\CCCCCCCC(=O)OCC/C=C\C/C=C\CCCCCCCCCCCCCCCCC(=O)NC(COC1OC(CO)C(O)C(O)C1O)C(O)/C=C/CCCCCCCCCCC. The summed E-state index contributed by atoms with van der Waals surface area (Å²) in [5, 5.41) is 54.3. The van der Waals surface area contributed by atoms with Crippen LogP contribution in [0.15, 0.2) is 60.8 Å². The van der Waals surface area contributed by atoms with Gasteiger partial charge in [-0.3, -0.25) is 9.59 Å². The topological polar surface area (TPSA) is 175 Å². The second-order valence-corrected chi connectivity index (χ2v) is 20.7. The standard InChI is InChI=1S/C62H111NO10/c1-3-5-7-9-11-13-15-25-30-34-38-42-46-50-58(67)71-51-47-43-39-35-31-27-24-22-20-18-16-17-19-21-23-26-29-33-37-41-45-49-57(66)63-54(53-72-62-61(70)60(69)59(68)56(52-64)73-62)55(65)48-44-40-36-32-28-14-12-10-8-6-4-2/h7,9,13,15,27,31,39,43-44,48,54-56,59-62,64-65,68-70H,3-6,8,10-12,14,16-26,28-30,32-38,40-42,45-47,49-53H2,1-2H3,(H,63,66)/b9-7-,15-13-,31-27-,43-39-,48-44+.